The molecule has 2 N–H and O–H groups in total. The fraction of sp³-hybridized carbons (Fsp3) is 0.647. The second-order valence-electron chi connectivity index (χ2n) is 6.31. The van der Waals surface area contributed by atoms with Crippen LogP contribution in [0.4, 0.5) is 5.82 Å². The van der Waals surface area contributed by atoms with Crippen molar-refractivity contribution in [3.05, 3.63) is 23.9 Å². The average Bonchev–Trinajstić information content (AvgIpc) is 2.61. The van der Waals surface area contributed by atoms with Gasteiger partial charge in [0.1, 0.15) is 5.82 Å². The van der Waals surface area contributed by atoms with Crippen LogP contribution in [-0.4, -0.2) is 37.1 Å². The van der Waals surface area contributed by atoms with Crippen LogP contribution in [0.15, 0.2) is 18.3 Å². The summed E-state index contributed by atoms with van der Waals surface area (Å²) < 4.78 is 0. The summed E-state index contributed by atoms with van der Waals surface area (Å²) in [6.45, 7) is 4.70. The lowest BCUT2D eigenvalue weighted by molar-refractivity contribution is -0.125. The zero-order valence-corrected chi connectivity index (χ0v) is 13.2. The van der Waals surface area contributed by atoms with Crippen molar-refractivity contribution in [3.63, 3.8) is 0 Å². The van der Waals surface area contributed by atoms with E-state index >= 15 is 0 Å². The Labute approximate surface area is 132 Å². The molecule has 0 saturated carbocycles. The number of hydrogen-bond donors (Lipinski definition) is 2. The van der Waals surface area contributed by atoms with Gasteiger partial charge < -0.3 is 15.5 Å². The maximum Gasteiger partial charge on any atom is 0.223 e. The Morgan fingerprint density at radius 1 is 1.27 bits per heavy atom. The van der Waals surface area contributed by atoms with Gasteiger partial charge in [0.15, 0.2) is 0 Å². The molecule has 2 saturated heterocycles. The molecule has 0 unspecified atom stereocenters. The number of nitrogens with one attached hydrogen (secondary N) is 2. The highest BCUT2D eigenvalue weighted by atomic mass is 16.1. The third-order valence-corrected chi connectivity index (χ3v) is 4.67. The number of carbonyl (C=O) groups is 1. The topological polar surface area (TPSA) is 57.3 Å². The Hall–Kier alpha value is -1.62. The summed E-state index contributed by atoms with van der Waals surface area (Å²) in [5.41, 5.74) is 1.14. The van der Waals surface area contributed by atoms with E-state index in [1.54, 1.807) is 0 Å². The van der Waals surface area contributed by atoms with Gasteiger partial charge in [0.2, 0.25) is 5.91 Å². The molecule has 2 aliphatic rings. The Morgan fingerprint density at radius 2 is 2.05 bits per heavy atom. The van der Waals surface area contributed by atoms with Gasteiger partial charge in [-0.15, -0.1) is 0 Å². The second-order valence-corrected chi connectivity index (χ2v) is 6.31. The van der Waals surface area contributed by atoms with E-state index in [4.69, 9.17) is 0 Å². The molecule has 0 aromatic carbocycles. The first-order valence-electron chi connectivity index (χ1n) is 8.51. The highest BCUT2D eigenvalue weighted by molar-refractivity contribution is 5.78. The average molecular weight is 302 g/mol. The van der Waals surface area contributed by atoms with Crippen LogP contribution in [0.3, 0.4) is 0 Å². The van der Waals surface area contributed by atoms with Crippen LogP contribution < -0.4 is 15.5 Å². The Morgan fingerprint density at radius 3 is 2.82 bits per heavy atom. The van der Waals surface area contributed by atoms with Crippen molar-refractivity contribution in [1.82, 2.24) is 15.6 Å². The van der Waals surface area contributed by atoms with E-state index in [9.17, 15) is 4.79 Å². The number of pyridine rings is 1. The van der Waals surface area contributed by atoms with Crippen molar-refractivity contribution >= 4 is 11.7 Å². The minimum Gasteiger partial charge on any atom is -0.357 e. The molecule has 3 heterocycles. The van der Waals surface area contributed by atoms with Crippen LogP contribution in [0.25, 0.3) is 0 Å². The summed E-state index contributed by atoms with van der Waals surface area (Å²) in [6.07, 6.45) is 7.57. The van der Waals surface area contributed by atoms with E-state index in [-0.39, 0.29) is 11.8 Å². The maximum absolute atomic E-state index is 12.2. The molecule has 1 aromatic rings. The molecule has 1 amide bonds. The lowest BCUT2D eigenvalue weighted by atomic mass is 9.97. The first kappa shape index (κ1) is 15.3. The minimum absolute atomic E-state index is 0.171. The van der Waals surface area contributed by atoms with E-state index in [1.165, 1.54) is 19.3 Å². The van der Waals surface area contributed by atoms with E-state index in [0.717, 1.165) is 50.4 Å². The standard InChI is InChI=1S/C17H26N4O/c22-17(15-5-7-18-8-6-15)20-13-14-4-9-19-16(12-14)21-10-2-1-3-11-21/h4,9,12,15,18H,1-3,5-8,10-11,13H2,(H,20,22). The third-order valence-electron chi connectivity index (χ3n) is 4.67. The van der Waals surface area contributed by atoms with Crippen LogP contribution in [0.5, 0.6) is 0 Å². The molecule has 5 heteroatoms. The van der Waals surface area contributed by atoms with Crippen molar-refractivity contribution in [2.45, 2.75) is 38.6 Å². The predicted octanol–water partition coefficient (Wildman–Crippen LogP) is 1.69. The van der Waals surface area contributed by atoms with E-state index in [0.29, 0.717) is 6.54 Å². The number of piperidine rings is 2. The van der Waals surface area contributed by atoms with Gasteiger partial charge in [-0.25, -0.2) is 4.98 Å². The molecule has 0 aliphatic carbocycles. The summed E-state index contributed by atoms with van der Waals surface area (Å²) in [5, 5.41) is 6.38. The first-order chi connectivity index (χ1) is 10.8. The fourth-order valence-electron chi connectivity index (χ4n) is 3.28. The van der Waals surface area contributed by atoms with Gasteiger partial charge in [0.05, 0.1) is 0 Å². The zero-order valence-electron chi connectivity index (χ0n) is 13.2. The number of nitrogens with zero attached hydrogens (tertiary/aromatic N) is 2. The van der Waals surface area contributed by atoms with Crippen molar-refractivity contribution in [2.75, 3.05) is 31.1 Å². The van der Waals surface area contributed by atoms with Crippen LogP contribution in [0, 0.1) is 5.92 Å². The fourth-order valence-corrected chi connectivity index (χ4v) is 3.28. The van der Waals surface area contributed by atoms with Gasteiger partial charge in [-0.05, 0) is 62.9 Å². The lowest BCUT2D eigenvalue weighted by Crippen LogP contribution is -2.37. The third kappa shape index (κ3) is 3.97. The number of carbonyl (C=O) groups excluding carboxylic acids is 1. The van der Waals surface area contributed by atoms with Crippen LogP contribution in [0.1, 0.15) is 37.7 Å². The number of hydrogen-bond acceptors (Lipinski definition) is 4. The zero-order chi connectivity index (χ0) is 15.2. The van der Waals surface area contributed by atoms with E-state index in [1.807, 2.05) is 12.3 Å². The molecule has 0 bridgehead atoms. The molecule has 1 aromatic heterocycles. The Kier molecular flexibility index (Phi) is 5.27. The predicted molar refractivity (Wildman–Crippen MR) is 87.7 cm³/mol. The smallest absolute Gasteiger partial charge is 0.223 e. The first-order valence-corrected chi connectivity index (χ1v) is 8.51. The molecule has 0 atom stereocenters. The molecule has 120 valence electrons. The van der Waals surface area contributed by atoms with Crippen molar-refractivity contribution in [2.24, 2.45) is 5.92 Å². The van der Waals surface area contributed by atoms with Crippen molar-refractivity contribution in [3.8, 4) is 0 Å². The van der Waals surface area contributed by atoms with Crippen molar-refractivity contribution < 1.29 is 4.79 Å². The maximum atomic E-state index is 12.2. The summed E-state index contributed by atoms with van der Waals surface area (Å²) in [4.78, 5) is 19.0. The normalized spacial score (nSPS) is 19.9. The molecular weight excluding hydrogens is 276 g/mol. The highest BCUT2D eigenvalue weighted by Gasteiger charge is 2.20. The molecule has 2 aliphatic heterocycles. The lowest BCUT2D eigenvalue weighted by Gasteiger charge is -2.28. The minimum atomic E-state index is 0.171. The summed E-state index contributed by atoms with van der Waals surface area (Å²) in [5.74, 6) is 1.41. The van der Waals surface area contributed by atoms with Gasteiger partial charge in [-0.1, -0.05) is 0 Å². The van der Waals surface area contributed by atoms with Gasteiger partial charge in [-0.3, -0.25) is 4.79 Å². The monoisotopic (exact) mass is 302 g/mol. The second kappa shape index (κ2) is 7.58. The number of aromatic nitrogens is 1. The van der Waals surface area contributed by atoms with E-state index in [2.05, 4.69) is 26.6 Å². The quantitative estimate of drug-likeness (QED) is 0.888. The van der Waals surface area contributed by atoms with Crippen LogP contribution in [0.2, 0.25) is 0 Å². The van der Waals surface area contributed by atoms with Crippen LogP contribution >= 0.6 is 0 Å². The molecule has 3 rings (SSSR count). The number of rotatable bonds is 4. The molecule has 2 fully saturated rings. The van der Waals surface area contributed by atoms with Gasteiger partial charge in [-0.2, -0.15) is 0 Å². The largest absolute Gasteiger partial charge is 0.357 e. The molecule has 22 heavy (non-hydrogen) atoms. The van der Waals surface area contributed by atoms with Crippen molar-refractivity contribution in [1.29, 1.82) is 0 Å². The van der Waals surface area contributed by atoms with Gasteiger partial charge in [0, 0.05) is 31.7 Å². The molecular formula is C17H26N4O. The number of amides is 1. The Balaban J connectivity index is 1.54. The van der Waals surface area contributed by atoms with Gasteiger partial charge >= 0.3 is 0 Å². The highest BCUT2D eigenvalue weighted by Crippen LogP contribution is 2.18. The van der Waals surface area contributed by atoms with Gasteiger partial charge in [0.25, 0.3) is 0 Å². The van der Waals surface area contributed by atoms with E-state index < -0.39 is 0 Å². The Bertz CT molecular complexity index is 493. The molecule has 0 radical (unpaired) electrons. The molecule has 5 nitrogen and oxygen atoms in total. The summed E-state index contributed by atoms with van der Waals surface area (Å²) in [7, 11) is 0. The van der Waals surface area contributed by atoms with Crippen LogP contribution in [-0.2, 0) is 11.3 Å². The summed E-state index contributed by atoms with van der Waals surface area (Å²) >= 11 is 0. The molecule has 0 spiro atoms. The SMILES string of the molecule is O=C(NCc1ccnc(N2CCCCC2)c1)C1CCNCC1. The number of anilines is 1. The summed E-state index contributed by atoms with van der Waals surface area (Å²) in [6, 6.07) is 4.12.